The number of carbonyl (C=O) groups excluding carboxylic acids is 1. The molecular formula is C28H20F3N3O3S. The van der Waals surface area contributed by atoms with Gasteiger partial charge in [-0.15, -0.1) is 0 Å². The predicted molar refractivity (Wildman–Crippen MR) is 138 cm³/mol. The summed E-state index contributed by atoms with van der Waals surface area (Å²) in [5.74, 6) is -0.883. The first kappa shape index (κ1) is 25.2. The van der Waals surface area contributed by atoms with Gasteiger partial charge in [0.05, 0.1) is 21.8 Å². The summed E-state index contributed by atoms with van der Waals surface area (Å²) in [6.07, 6.45) is 1.61. The van der Waals surface area contributed by atoms with Gasteiger partial charge in [-0.1, -0.05) is 53.8 Å². The lowest BCUT2D eigenvalue weighted by molar-refractivity contribution is -0.113. The molecule has 0 aliphatic carbocycles. The number of carbonyl (C=O) groups is 1. The third-order valence-electron chi connectivity index (χ3n) is 5.89. The zero-order chi connectivity index (χ0) is 26.8. The number of rotatable bonds is 6. The minimum absolute atomic E-state index is 0.000357. The number of aromatic nitrogens is 1. The van der Waals surface area contributed by atoms with E-state index in [1.807, 2.05) is 6.07 Å². The van der Waals surface area contributed by atoms with E-state index in [2.05, 4.69) is 15.0 Å². The van der Waals surface area contributed by atoms with Crippen LogP contribution >= 0.6 is 11.3 Å². The molecule has 5 rings (SSSR count). The van der Waals surface area contributed by atoms with Crippen LogP contribution in [0, 0.1) is 5.82 Å². The minimum atomic E-state index is -2.94. The number of allylic oxidation sites excluding steroid dienone is 1. The lowest BCUT2D eigenvalue weighted by atomic mass is 9.95. The monoisotopic (exact) mass is 535 g/mol. The Morgan fingerprint density at radius 1 is 1.05 bits per heavy atom. The second-order valence-electron chi connectivity index (χ2n) is 8.40. The fourth-order valence-electron chi connectivity index (χ4n) is 4.19. The van der Waals surface area contributed by atoms with Crippen LogP contribution in [-0.2, 0) is 4.79 Å². The SMILES string of the molecule is CC1=C(C(=O)Nc2ccccc2)C(c2ccc(F)cc2)n2c(sc(=Cc3ccc(OC(F)F)cc3)c2=O)=N1. The Balaban J connectivity index is 1.61. The molecule has 38 heavy (non-hydrogen) atoms. The van der Waals surface area contributed by atoms with Gasteiger partial charge in [0, 0.05) is 5.69 Å². The second kappa shape index (κ2) is 10.5. The van der Waals surface area contributed by atoms with E-state index in [0.717, 1.165) is 11.3 Å². The summed E-state index contributed by atoms with van der Waals surface area (Å²) in [6.45, 7) is -1.25. The molecule has 4 aromatic rings. The quantitative estimate of drug-likeness (QED) is 0.392. The third kappa shape index (κ3) is 5.16. The van der Waals surface area contributed by atoms with Crippen LogP contribution < -0.4 is 24.9 Å². The van der Waals surface area contributed by atoms with Gasteiger partial charge in [-0.2, -0.15) is 8.78 Å². The van der Waals surface area contributed by atoms with Crippen LogP contribution in [0.25, 0.3) is 6.08 Å². The first-order valence-electron chi connectivity index (χ1n) is 11.5. The van der Waals surface area contributed by atoms with Crippen molar-refractivity contribution in [2.75, 3.05) is 5.32 Å². The van der Waals surface area contributed by atoms with E-state index >= 15 is 0 Å². The summed E-state index contributed by atoms with van der Waals surface area (Å²) in [5, 5.41) is 2.85. The lowest BCUT2D eigenvalue weighted by Crippen LogP contribution is -2.40. The van der Waals surface area contributed by atoms with Gasteiger partial charge >= 0.3 is 6.61 Å². The maximum atomic E-state index is 13.8. The summed E-state index contributed by atoms with van der Waals surface area (Å²) in [4.78, 5) is 32.0. The first-order chi connectivity index (χ1) is 18.3. The summed E-state index contributed by atoms with van der Waals surface area (Å²) in [7, 11) is 0. The van der Waals surface area contributed by atoms with Crippen LogP contribution in [0.1, 0.15) is 24.1 Å². The fraction of sp³-hybridized carbons (Fsp3) is 0.107. The molecule has 0 fully saturated rings. The molecule has 1 atom stereocenters. The molecule has 1 unspecified atom stereocenters. The first-order valence-corrected chi connectivity index (χ1v) is 12.3. The van der Waals surface area contributed by atoms with Crippen LogP contribution in [0.2, 0.25) is 0 Å². The number of hydrogen-bond donors (Lipinski definition) is 1. The largest absolute Gasteiger partial charge is 0.435 e. The molecule has 0 radical (unpaired) electrons. The van der Waals surface area contributed by atoms with Crippen molar-refractivity contribution in [3.63, 3.8) is 0 Å². The summed E-state index contributed by atoms with van der Waals surface area (Å²) >= 11 is 1.13. The maximum absolute atomic E-state index is 13.8. The Labute approximate surface area is 218 Å². The highest BCUT2D eigenvalue weighted by Crippen LogP contribution is 2.31. The van der Waals surface area contributed by atoms with E-state index in [-0.39, 0.29) is 11.3 Å². The molecule has 3 aromatic carbocycles. The molecule has 1 aromatic heterocycles. The van der Waals surface area contributed by atoms with Crippen molar-refractivity contribution in [1.29, 1.82) is 0 Å². The molecule has 1 amide bonds. The van der Waals surface area contributed by atoms with Gasteiger partial charge in [0.15, 0.2) is 4.80 Å². The van der Waals surface area contributed by atoms with E-state index in [1.165, 1.54) is 41.0 Å². The van der Waals surface area contributed by atoms with Crippen LogP contribution in [-0.4, -0.2) is 17.1 Å². The number of alkyl halides is 2. The van der Waals surface area contributed by atoms with E-state index in [4.69, 9.17) is 0 Å². The molecule has 10 heteroatoms. The topological polar surface area (TPSA) is 72.7 Å². The van der Waals surface area contributed by atoms with Crippen molar-refractivity contribution in [1.82, 2.24) is 4.57 Å². The van der Waals surface area contributed by atoms with Gasteiger partial charge in [-0.05, 0) is 60.5 Å². The Morgan fingerprint density at radius 3 is 2.39 bits per heavy atom. The van der Waals surface area contributed by atoms with E-state index in [1.54, 1.807) is 49.4 Å². The molecule has 2 heterocycles. The number of halogens is 3. The van der Waals surface area contributed by atoms with Crippen molar-refractivity contribution in [2.24, 2.45) is 4.99 Å². The molecule has 0 spiro atoms. The zero-order valence-electron chi connectivity index (χ0n) is 19.9. The van der Waals surface area contributed by atoms with Crippen molar-refractivity contribution < 1.29 is 22.7 Å². The normalized spacial score (nSPS) is 15.3. The number of benzene rings is 3. The van der Waals surface area contributed by atoms with Crippen molar-refractivity contribution in [3.05, 3.63) is 127 Å². The number of ether oxygens (including phenoxy) is 1. The number of nitrogens with zero attached hydrogens (tertiary/aromatic N) is 2. The Morgan fingerprint density at radius 2 is 1.74 bits per heavy atom. The number of thiazole rings is 1. The van der Waals surface area contributed by atoms with E-state index in [0.29, 0.717) is 31.8 Å². The standard InChI is InChI=1S/C28H20F3N3O3S/c1-16-23(25(35)33-20-5-3-2-4-6-20)24(18-9-11-19(29)12-10-18)34-26(36)22(38-28(34)32-16)15-17-7-13-21(14-8-17)37-27(30)31/h2-15,24,27H,1H3,(H,33,35). The molecule has 1 N–H and O–H groups in total. The van der Waals surface area contributed by atoms with Gasteiger partial charge < -0.3 is 10.1 Å². The Kier molecular flexibility index (Phi) is 6.97. The number of para-hydroxylation sites is 1. The van der Waals surface area contributed by atoms with Gasteiger partial charge in [0.2, 0.25) is 0 Å². The van der Waals surface area contributed by atoms with E-state index < -0.39 is 29.9 Å². The second-order valence-corrected chi connectivity index (χ2v) is 9.41. The molecule has 0 saturated carbocycles. The molecule has 0 saturated heterocycles. The van der Waals surface area contributed by atoms with Crippen LogP contribution in [0.3, 0.4) is 0 Å². The highest BCUT2D eigenvalue weighted by molar-refractivity contribution is 7.07. The van der Waals surface area contributed by atoms with Crippen molar-refractivity contribution in [3.8, 4) is 5.75 Å². The molecule has 6 nitrogen and oxygen atoms in total. The van der Waals surface area contributed by atoms with Crippen LogP contribution in [0.4, 0.5) is 18.9 Å². The van der Waals surface area contributed by atoms with Gasteiger partial charge in [-0.25, -0.2) is 9.38 Å². The molecular weight excluding hydrogens is 515 g/mol. The fourth-order valence-corrected chi connectivity index (χ4v) is 5.24. The third-order valence-corrected chi connectivity index (χ3v) is 6.87. The average Bonchev–Trinajstić information content (AvgIpc) is 3.19. The number of anilines is 1. The van der Waals surface area contributed by atoms with Crippen LogP contribution in [0.15, 0.2) is 99.9 Å². The lowest BCUT2D eigenvalue weighted by Gasteiger charge is -2.25. The molecule has 192 valence electrons. The number of nitrogens with one attached hydrogen (secondary N) is 1. The maximum Gasteiger partial charge on any atom is 0.387 e. The summed E-state index contributed by atoms with van der Waals surface area (Å²) in [5.41, 5.74) is 2.00. The van der Waals surface area contributed by atoms with Crippen molar-refractivity contribution in [2.45, 2.75) is 19.6 Å². The minimum Gasteiger partial charge on any atom is -0.435 e. The van der Waals surface area contributed by atoms with Crippen molar-refractivity contribution >= 4 is 29.0 Å². The highest BCUT2D eigenvalue weighted by Gasteiger charge is 2.32. The van der Waals surface area contributed by atoms with Gasteiger partial charge in [0.25, 0.3) is 11.5 Å². The number of amides is 1. The molecule has 0 bridgehead atoms. The zero-order valence-corrected chi connectivity index (χ0v) is 20.7. The number of fused-ring (bicyclic) bond motifs is 1. The van der Waals surface area contributed by atoms with Crippen LogP contribution in [0.5, 0.6) is 5.75 Å². The van der Waals surface area contributed by atoms with E-state index in [9.17, 15) is 22.8 Å². The highest BCUT2D eigenvalue weighted by atomic mass is 32.1. The Bertz CT molecular complexity index is 1690. The average molecular weight is 536 g/mol. The van der Waals surface area contributed by atoms with Gasteiger partial charge in [0.1, 0.15) is 11.6 Å². The summed E-state index contributed by atoms with van der Waals surface area (Å²) in [6, 6.07) is 19.5. The summed E-state index contributed by atoms with van der Waals surface area (Å²) < 4.78 is 44.8. The predicted octanol–water partition coefficient (Wildman–Crippen LogP) is 4.61. The number of hydrogen-bond acceptors (Lipinski definition) is 5. The Hall–Kier alpha value is -4.44. The smallest absolute Gasteiger partial charge is 0.387 e. The molecule has 1 aliphatic rings. The molecule has 1 aliphatic heterocycles. The van der Waals surface area contributed by atoms with Gasteiger partial charge in [-0.3, -0.25) is 14.2 Å².